The highest BCUT2D eigenvalue weighted by atomic mass is 19.1. The Hall–Kier alpha value is -4.34. The first-order valence-electron chi connectivity index (χ1n) is 10.5. The smallest absolute Gasteiger partial charge is 0.283 e. The molecule has 1 atom stereocenters. The van der Waals surface area contributed by atoms with E-state index in [1.165, 1.54) is 23.4 Å². The maximum Gasteiger partial charge on any atom is 0.283 e. The van der Waals surface area contributed by atoms with Crippen LogP contribution in [0.5, 0.6) is 0 Å². The molecule has 9 nitrogen and oxygen atoms in total. The quantitative estimate of drug-likeness (QED) is 0.363. The van der Waals surface area contributed by atoms with E-state index < -0.39 is 17.4 Å². The summed E-state index contributed by atoms with van der Waals surface area (Å²) in [4.78, 5) is 33.8. The Morgan fingerprint density at radius 1 is 1.12 bits per heavy atom. The minimum Gasteiger partial charge on any atom is -0.358 e. The Kier molecular flexibility index (Phi) is 5.17. The third kappa shape index (κ3) is 3.75. The number of aromatic amines is 1. The average molecular weight is 444 g/mol. The maximum absolute atomic E-state index is 14.6. The first-order chi connectivity index (χ1) is 16.0. The summed E-state index contributed by atoms with van der Waals surface area (Å²) >= 11 is 0. The molecule has 0 radical (unpaired) electrons. The van der Waals surface area contributed by atoms with E-state index in [1.54, 1.807) is 12.1 Å². The van der Waals surface area contributed by atoms with Crippen LogP contribution < -0.4 is 16.3 Å². The normalized spacial score (nSPS) is 12.2. The Bertz CT molecular complexity index is 1510. The van der Waals surface area contributed by atoms with Crippen LogP contribution in [0.15, 0.2) is 59.9 Å². The van der Waals surface area contributed by atoms with Crippen LogP contribution in [-0.2, 0) is 0 Å². The Labute approximate surface area is 187 Å². The molecule has 33 heavy (non-hydrogen) atoms. The second-order valence-electron chi connectivity index (χ2n) is 7.65. The molecule has 166 valence electrons. The van der Waals surface area contributed by atoms with E-state index in [9.17, 15) is 9.18 Å². The molecule has 0 aliphatic carbocycles. The molecule has 0 fully saturated rings. The predicted octanol–water partition coefficient (Wildman–Crippen LogP) is 3.95. The molecule has 1 unspecified atom stereocenters. The number of hydrogen-bond acceptors (Lipinski definition) is 7. The van der Waals surface area contributed by atoms with Gasteiger partial charge in [-0.2, -0.15) is 0 Å². The molecule has 5 aromatic rings. The van der Waals surface area contributed by atoms with Crippen LogP contribution in [-0.4, -0.2) is 29.6 Å². The summed E-state index contributed by atoms with van der Waals surface area (Å²) in [6, 6.07) is 11.6. The first-order valence-corrected chi connectivity index (χ1v) is 10.5. The SMILES string of the molecule is CCC(Nc1ncnc2nc[nH]c12)c1nc2cccc(F)c2c(=O)n1Nc1ccc(C)cc1. The van der Waals surface area contributed by atoms with Crippen molar-refractivity contribution in [2.45, 2.75) is 26.3 Å². The number of hydrogen-bond donors (Lipinski definition) is 3. The molecule has 3 aromatic heterocycles. The molecule has 0 bridgehead atoms. The van der Waals surface area contributed by atoms with Gasteiger partial charge in [-0.25, -0.2) is 29.0 Å². The van der Waals surface area contributed by atoms with Gasteiger partial charge < -0.3 is 10.3 Å². The zero-order valence-corrected chi connectivity index (χ0v) is 18.0. The molecular weight excluding hydrogens is 423 g/mol. The second kappa shape index (κ2) is 8.30. The lowest BCUT2D eigenvalue weighted by atomic mass is 10.1. The number of aromatic nitrogens is 6. The summed E-state index contributed by atoms with van der Waals surface area (Å²) in [5.74, 6) is 0.305. The number of nitrogens with zero attached hydrogens (tertiary/aromatic N) is 5. The highest BCUT2D eigenvalue weighted by Crippen LogP contribution is 2.25. The number of rotatable bonds is 6. The fourth-order valence-corrected chi connectivity index (χ4v) is 3.69. The minimum absolute atomic E-state index is 0.0753. The van der Waals surface area contributed by atoms with Crippen molar-refractivity contribution in [3.63, 3.8) is 0 Å². The third-order valence-electron chi connectivity index (χ3n) is 5.42. The number of aryl methyl sites for hydroxylation is 1. The van der Waals surface area contributed by atoms with Crippen LogP contribution in [0.1, 0.15) is 30.8 Å². The van der Waals surface area contributed by atoms with Crippen molar-refractivity contribution >= 4 is 33.6 Å². The van der Waals surface area contributed by atoms with Crippen molar-refractivity contribution in [2.24, 2.45) is 0 Å². The standard InChI is InChI=1S/C23H21FN8O/c1-3-16(29-21-19-20(26-11-25-19)27-12-28-21)22-30-17-6-4-5-15(24)18(17)23(33)32(22)31-14-9-7-13(2)8-10-14/h4-12,16,31H,3H2,1-2H3,(H2,25,26,27,28,29). The Morgan fingerprint density at radius 2 is 1.94 bits per heavy atom. The van der Waals surface area contributed by atoms with Crippen LogP contribution in [0, 0.1) is 12.7 Å². The van der Waals surface area contributed by atoms with E-state index in [-0.39, 0.29) is 10.9 Å². The molecule has 0 amide bonds. The van der Waals surface area contributed by atoms with E-state index in [4.69, 9.17) is 0 Å². The summed E-state index contributed by atoms with van der Waals surface area (Å²) in [6.45, 7) is 3.93. The number of fused-ring (bicyclic) bond motifs is 2. The van der Waals surface area contributed by atoms with Crippen LogP contribution in [0.4, 0.5) is 15.9 Å². The summed E-state index contributed by atoms with van der Waals surface area (Å²) in [7, 11) is 0. The lowest BCUT2D eigenvalue weighted by Crippen LogP contribution is -2.34. The van der Waals surface area contributed by atoms with Crippen molar-refractivity contribution < 1.29 is 4.39 Å². The Morgan fingerprint density at radius 3 is 2.73 bits per heavy atom. The zero-order valence-electron chi connectivity index (χ0n) is 18.0. The average Bonchev–Trinajstić information content (AvgIpc) is 3.30. The van der Waals surface area contributed by atoms with Crippen molar-refractivity contribution in [2.75, 3.05) is 10.7 Å². The van der Waals surface area contributed by atoms with Gasteiger partial charge in [0.15, 0.2) is 17.3 Å². The van der Waals surface area contributed by atoms with Gasteiger partial charge in [0.25, 0.3) is 5.56 Å². The van der Waals surface area contributed by atoms with Gasteiger partial charge in [-0.1, -0.05) is 30.7 Å². The first kappa shape index (κ1) is 20.6. The monoisotopic (exact) mass is 444 g/mol. The van der Waals surface area contributed by atoms with Crippen molar-refractivity contribution in [3.8, 4) is 0 Å². The van der Waals surface area contributed by atoms with Crippen molar-refractivity contribution in [3.05, 3.63) is 82.7 Å². The number of halogens is 1. The topological polar surface area (TPSA) is 113 Å². The summed E-state index contributed by atoms with van der Waals surface area (Å²) in [5.41, 5.74) is 5.78. The van der Waals surface area contributed by atoms with Gasteiger partial charge >= 0.3 is 0 Å². The van der Waals surface area contributed by atoms with Gasteiger partial charge in [0.2, 0.25) is 0 Å². The van der Waals surface area contributed by atoms with E-state index in [1.807, 2.05) is 38.1 Å². The molecule has 0 spiro atoms. The van der Waals surface area contributed by atoms with Crippen LogP contribution in [0.2, 0.25) is 0 Å². The fourth-order valence-electron chi connectivity index (χ4n) is 3.69. The fraction of sp³-hybridized carbons (Fsp3) is 0.174. The van der Waals surface area contributed by atoms with Gasteiger partial charge in [-0.15, -0.1) is 0 Å². The number of benzene rings is 2. The molecule has 0 saturated heterocycles. The summed E-state index contributed by atoms with van der Waals surface area (Å²) < 4.78 is 15.9. The van der Waals surface area contributed by atoms with Crippen LogP contribution in [0.3, 0.4) is 0 Å². The summed E-state index contributed by atoms with van der Waals surface area (Å²) in [6.07, 6.45) is 3.53. The molecule has 10 heteroatoms. The lowest BCUT2D eigenvalue weighted by molar-refractivity contribution is 0.622. The minimum atomic E-state index is -0.619. The molecular formula is C23H21FN8O. The van der Waals surface area contributed by atoms with Crippen molar-refractivity contribution in [1.29, 1.82) is 0 Å². The second-order valence-corrected chi connectivity index (χ2v) is 7.65. The molecule has 3 heterocycles. The maximum atomic E-state index is 14.6. The molecule has 0 saturated carbocycles. The van der Waals surface area contributed by atoms with E-state index in [0.29, 0.717) is 34.9 Å². The number of imidazole rings is 1. The third-order valence-corrected chi connectivity index (χ3v) is 5.42. The molecule has 0 aliphatic rings. The van der Waals surface area contributed by atoms with E-state index >= 15 is 0 Å². The number of H-pyrrole nitrogens is 1. The lowest BCUT2D eigenvalue weighted by Gasteiger charge is -2.23. The van der Waals surface area contributed by atoms with Gasteiger partial charge in [0.1, 0.15) is 23.0 Å². The van der Waals surface area contributed by atoms with Crippen LogP contribution >= 0.6 is 0 Å². The largest absolute Gasteiger partial charge is 0.358 e. The number of nitrogens with one attached hydrogen (secondary N) is 3. The molecule has 0 aliphatic heterocycles. The van der Waals surface area contributed by atoms with Crippen molar-refractivity contribution in [1.82, 2.24) is 29.6 Å². The van der Waals surface area contributed by atoms with E-state index in [0.717, 1.165) is 5.56 Å². The van der Waals surface area contributed by atoms with Crippen LogP contribution in [0.25, 0.3) is 22.1 Å². The molecule has 5 rings (SSSR count). The molecule has 3 N–H and O–H groups in total. The highest BCUT2D eigenvalue weighted by molar-refractivity contribution is 5.82. The zero-order chi connectivity index (χ0) is 22.9. The molecule has 2 aromatic carbocycles. The van der Waals surface area contributed by atoms with Gasteiger partial charge in [-0.05, 0) is 37.6 Å². The predicted molar refractivity (Wildman–Crippen MR) is 124 cm³/mol. The van der Waals surface area contributed by atoms with Gasteiger partial charge in [-0.3, -0.25) is 10.2 Å². The summed E-state index contributed by atoms with van der Waals surface area (Å²) in [5, 5.41) is 3.26. The Balaban J connectivity index is 1.66. The van der Waals surface area contributed by atoms with E-state index in [2.05, 4.69) is 35.7 Å². The van der Waals surface area contributed by atoms with Gasteiger partial charge in [0, 0.05) is 0 Å². The van der Waals surface area contributed by atoms with Gasteiger partial charge in [0.05, 0.1) is 23.6 Å². The highest BCUT2D eigenvalue weighted by Gasteiger charge is 2.22. The number of anilines is 2.